The van der Waals surface area contributed by atoms with E-state index in [1.807, 2.05) is 0 Å². The number of carbonyl (C=O) groups excluding carboxylic acids is 1. The molecule has 0 unspecified atom stereocenters. The van der Waals surface area contributed by atoms with Crippen molar-refractivity contribution in [3.63, 3.8) is 0 Å². The molecule has 0 aliphatic rings. The van der Waals surface area contributed by atoms with Gasteiger partial charge in [0.1, 0.15) is 11.3 Å². The van der Waals surface area contributed by atoms with Gasteiger partial charge in [-0.15, -0.1) is 0 Å². The summed E-state index contributed by atoms with van der Waals surface area (Å²) in [6, 6.07) is 7.74. The summed E-state index contributed by atoms with van der Waals surface area (Å²) in [5, 5.41) is 41.6. The van der Waals surface area contributed by atoms with E-state index in [-0.39, 0.29) is 27.7 Å². The fraction of sp³-hybridized carbons (Fsp3) is 0. The Morgan fingerprint density at radius 3 is 1.86 bits per heavy atom. The lowest BCUT2D eigenvalue weighted by Crippen LogP contribution is -2.26. The van der Waals surface area contributed by atoms with Gasteiger partial charge in [-0.1, -0.05) is 0 Å². The highest BCUT2D eigenvalue weighted by molar-refractivity contribution is 6.06. The summed E-state index contributed by atoms with van der Waals surface area (Å²) in [5.74, 6) is -2.76. The monoisotopic (exact) mass is 395 g/mol. The summed E-state index contributed by atoms with van der Waals surface area (Å²) >= 11 is 0. The largest absolute Gasteiger partial charge is 0.504 e. The third-order valence-electron chi connectivity index (χ3n) is 4.44. The molecule has 4 rings (SSSR count). The molecule has 7 N–H and O–H groups in total. The zero-order valence-electron chi connectivity index (χ0n) is 14.5. The van der Waals surface area contributed by atoms with Gasteiger partial charge in [-0.25, -0.2) is 0 Å². The number of carbonyl (C=O) groups is 1. The van der Waals surface area contributed by atoms with Crippen LogP contribution in [-0.2, 0) is 0 Å². The van der Waals surface area contributed by atoms with E-state index in [0.29, 0.717) is 5.39 Å². The molecule has 0 aliphatic heterocycles. The van der Waals surface area contributed by atoms with Crippen molar-refractivity contribution in [1.29, 1.82) is 0 Å². The Balaban J connectivity index is 1.77. The lowest BCUT2D eigenvalue weighted by atomic mass is 10.1. The van der Waals surface area contributed by atoms with Gasteiger partial charge in [0, 0.05) is 10.8 Å². The van der Waals surface area contributed by atoms with E-state index in [2.05, 4.69) is 15.3 Å². The van der Waals surface area contributed by atoms with E-state index in [1.54, 1.807) is 0 Å². The van der Waals surface area contributed by atoms with Crippen molar-refractivity contribution in [3.05, 3.63) is 62.7 Å². The number of hydrogen-bond donors (Lipinski definition) is 7. The summed E-state index contributed by atoms with van der Waals surface area (Å²) in [6.45, 7) is 0. The average molecular weight is 395 g/mol. The Hall–Kier alpha value is -4.47. The Kier molecular flexibility index (Phi) is 3.89. The number of anilines is 1. The first-order valence-corrected chi connectivity index (χ1v) is 8.23. The fourth-order valence-corrected chi connectivity index (χ4v) is 2.95. The molecule has 10 nitrogen and oxygen atoms in total. The van der Waals surface area contributed by atoms with Crippen molar-refractivity contribution in [2.75, 3.05) is 5.32 Å². The van der Waals surface area contributed by atoms with Crippen LogP contribution in [0.4, 0.5) is 5.69 Å². The van der Waals surface area contributed by atoms with Crippen LogP contribution in [0.25, 0.3) is 21.8 Å². The summed E-state index contributed by atoms with van der Waals surface area (Å²) in [4.78, 5) is 41.7. The number of rotatable bonds is 2. The number of benzene rings is 2. The van der Waals surface area contributed by atoms with E-state index in [1.165, 1.54) is 36.4 Å². The molecule has 0 saturated carbocycles. The Labute approximate surface area is 160 Å². The summed E-state index contributed by atoms with van der Waals surface area (Å²) < 4.78 is 0. The molecule has 29 heavy (non-hydrogen) atoms. The lowest BCUT2D eigenvalue weighted by molar-refractivity contribution is 0.102. The summed E-state index contributed by atoms with van der Waals surface area (Å²) in [7, 11) is 0. The van der Waals surface area contributed by atoms with Crippen LogP contribution in [0.2, 0.25) is 0 Å². The van der Waals surface area contributed by atoms with Gasteiger partial charge in [0.25, 0.3) is 17.0 Å². The van der Waals surface area contributed by atoms with Crippen LogP contribution in [0, 0.1) is 0 Å². The Bertz CT molecular complexity index is 1440. The van der Waals surface area contributed by atoms with E-state index >= 15 is 0 Å². The molecule has 1 amide bonds. The van der Waals surface area contributed by atoms with Crippen LogP contribution in [0.5, 0.6) is 23.0 Å². The maximum absolute atomic E-state index is 12.6. The zero-order valence-corrected chi connectivity index (χ0v) is 14.5. The molecule has 0 bridgehead atoms. The van der Waals surface area contributed by atoms with Crippen LogP contribution in [0.3, 0.4) is 0 Å². The number of phenolic OH excluding ortho intramolecular Hbond substituents is 4. The molecule has 0 fully saturated rings. The van der Waals surface area contributed by atoms with Crippen molar-refractivity contribution >= 4 is 33.4 Å². The number of aromatic amines is 2. The number of phenols is 4. The lowest BCUT2D eigenvalue weighted by Gasteiger charge is -2.08. The standard InChI is InChI=1S/C19H13N3O7/c23-11-3-1-7-5-9(18(28)21-13(7)15(11)25)17(27)20-10-6-8-2-4-12(24)16(26)14(8)22-19(10)29/h1-6,23-26H,(H,20,27)(H,21,28)(H,22,29). The van der Waals surface area contributed by atoms with Gasteiger partial charge >= 0.3 is 0 Å². The van der Waals surface area contributed by atoms with Crippen LogP contribution in [0.15, 0.2) is 46.0 Å². The Morgan fingerprint density at radius 1 is 0.759 bits per heavy atom. The molecule has 2 aromatic carbocycles. The molecular formula is C19H13N3O7. The molecule has 0 spiro atoms. The van der Waals surface area contributed by atoms with Crippen LogP contribution >= 0.6 is 0 Å². The molecule has 146 valence electrons. The number of H-pyrrole nitrogens is 2. The highest BCUT2D eigenvalue weighted by Gasteiger charge is 2.17. The van der Waals surface area contributed by atoms with Gasteiger partial charge in [0.15, 0.2) is 23.0 Å². The highest BCUT2D eigenvalue weighted by atomic mass is 16.3. The van der Waals surface area contributed by atoms with Gasteiger partial charge in [-0.05, 0) is 36.4 Å². The van der Waals surface area contributed by atoms with E-state index in [0.717, 1.165) is 0 Å². The molecular weight excluding hydrogens is 382 g/mol. The van der Waals surface area contributed by atoms with Crippen LogP contribution in [-0.4, -0.2) is 36.3 Å². The predicted molar refractivity (Wildman–Crippen MR) is 104 cm³/mol. The minimum absolute atomic E-state index is 0.00756. The van der Waals surface area contributed by atoms with E-state index in [9.17, 15) is 34.8 Å². The summed E-state index contributed by atoms with van der Waals surface area (Å²) in [6.07, 6.45) is 0. The van der Waals surface area contributed by atoms with Gasteiger partial charge in [0.2, 0.25) is 0 Å². The maximum atomic E-state index is 12.6. The third-order valence-corrected chi connectivity index (χ3v) is 4.44. The molecule has 0 atom stereocenters. The third kappa shape index (κ3) is 2.88. The number of nitrogens with one attached hydrogen (secondary N) is 3. The second-order valence-electron chi connectivity index (χ2n) is 6.27. The number of aromatic hydroxyl groups is 4. The quantitative estimate of drug-likeness (QED) is 0.251. The minimum atomic E-state index is -0.881. The number of amides is 1. The van der Waals surface area contributed by atoms with Crippen LogP contribution in [0.1, 0.15) is 10.4 Å². The first-order chi connectivity index (χ1) is 13.8. The summed E-state index contributed by atoms with van der Waals surface area (Å²) in [5.41, 5.74) is -2.14. The van der Waals surface area contributed by atoms with Crippen molar-refractivity contribution < 1.29 is 25.2 Å². The molecule has 10 heteroatoms. The molecule has 2 aromatic heterocycles. The number of fused-ring (bicyclic) bond motifs is 2. The fourth-order valence-electron chi connectivity index (χ4n) is 2.95. The molecule has 0 aliphatic carbocycles. The zero-order chi connectivity index (χ0) is 20.9. The predicted octanol–water partition coefficient (Wildman–Crippen LogP) is 1.44. The van der Waals surface area contributed by atoms with Crippen molar-refractivity contribution in [1.82, 2.24) is 9.97 Å². The van der Waals surface area contributed by atoms with Gasteiger partial charge in [0.05, 0.1) is 11.0 Å². The molecule has 0 saturated heterocycles. The topological polar surface area (TPSA) is 176 Å². The normalized spacial score (nSPS) is 11.0. The van der Waals surface area contributed by atoms with Gasteiger partial charge < -0.3 is 35.7 Å². The molecule has 4 aromatic rings. The minimum Gasteiger partial charge on any atom is -0.504 e. The smallest absolute Gasteiger partial charge is 0.272 e. The van der Waals surface area contributed by atoms with Crippen molar-refractivity contribution in [3.8, 4) is 23.0 Å². The van der Waals surface area contributed by atoms with E-state index < -0.39 is 40.0 Å². The SMILES string of the molecule is O=C(Nc1cc2ccc(O)c(O)c2[nH]c1=O)c1cc2ccc(O)c(O)c2[nH]c1=O. The van der Waals surface area contributed by atoms with E-state index in [4.69, 9.17) is 0 Å². The first-order valence-electron chi connectivity index (χ1n) is 8.23. The Morgan fingerprint density at radius 2 is 1.28 bits per heavy atom. The number of hydrogen-bond acceptors (Lipinski definition) is 7. The molecule has 0 radical (unpaired) electrons. The highest BCUT2D eigenvalue weighted by Crippen LogP contribution is 2.32. The molecule has 2 heterocycles. The van der Waals surface area contributed by atoms with Crippen molar-refractivity contribution in [2.45, 2.75) is 0 Å². The second kappa shape index (κ2) is 6.30. The van der Waals surface area contributed by atoms with Crippen molar-refractivity contribution in [2.24, 2.45) is 0 Å². The number of pyridine rings is 2. The van der Waals surface area contributed by atoms with Gasteiger partial charge in [-0.2, -0.15) is 0 Å². The van der Waals surface area contributed by atoms with Gasteiger partial charge in [-0.3, -0.25) is 14.4 Å². The van der Waals surface area contributed by atoms with Crippen LogP contribution < -0.4 is 16.4 Å². The number of aromatic nitrogens is 2. The first kappa shape index (κ1) is 17.9. The average Bonchev–Trinajstić information content (AvgIpc) is 2.69. The maximum Gasteiger partial charge on any atom is 0.272 e. The second-order valence-corrected chi connectivity index (χ2v) is 6.27.